The number of amides is 1. The topological polar surface area (TPSA) is 84.5 Å². The van der Waals surface area contributed by atoms with Crippen molar-refractivity contribution in [1.29, 1.82) is 0 Å². The maximum atomic E-state index is 13.0. The van der Waals surface area contributed by atoms with Crippen LogP contribution in [0, 0.1) is 12.7 Å². The molecule has 0 aliphatic rings. The predicted octanol–water partition coefficient (Wildman–Crippen LogP) is 3.62. The van der Waals surface area contributed by atoms with Gasteiger partial charge < -0.3 is 10.1 Å². The Morgan fingerprint density at radius 3 is 2.46 bits per heavy atom. The SMILES string of the molecule is CCCCCNC(=O)COc1ccc(S(=O)(=O)Nc2ccc(F)cc2)cc1C. The first-order valence-electron chi connectivity index (χ1n) is 9.10. The monoisotopic (exact) mass is 408 g/mol. The molecule has 0 aliphatic heterocycles. The molecule has 0 fully saturated rings. The van der Waals surface area contributed by atoms with Crippen LogP contribution >= 0.6 is 0 Å². The van der Waals surface area contributed by atoms with Crippen LogP contribution in [0.25, 0.3) is 0 Å². The molecule has 2 rings (SSSR count). The van der Waals surface area contributed by atoms with E-state index in [0.717, 1.165) is 19.3 Å². The molecule has 0 bridgehead atoms. The van der Waals surface area contributed by atoms with Gasteiger partial charge in [0.1, 0.15) is 11.6 Å². The number of rotatable bonds is 10. The van der Waals surface area contributed by atoms with Gasteiger partial charge in [-0.25, -0.2) is 12.8 Å². The number of carbonyl (C=O) groups is 1. The highest BCUT2D eigenvalue weighted by Crippen LogP contribution is 2.23. The van der Waals surface area contributed by atoms with Crippen LogP contribution in [0.5, 0.6) is 5.75 Å². The highest BCUT2D eigenvalue weighted by Gasteiger charge is 2.16. The van der Waals surface area contributed by atoms with E-state index in [-0.39, 0.29) is 23.1 Å². The highest BCUT2D eigenvalue weighted by atomic mass is 32.2. The van der Waals surface area contributed by atoms with Gasteiger partial charge in [-0.05, 0) is 61.4 Å². The lowest BCUT2D eigenvalue weighted by Crippen LogP contribution is -2.29. The number of sulfonamides is 1. The second kappa shape index (κ2) is 10.1. The molecule has 28 heavy (non-hydrogen) atoms. The number of halogens is 1. The van der Waals surface area contributed by atoms with Crippen LogP contribution < -0.4 is 14.8 Å². The number of anilines is 1. The second-order valence-corrected chi connectivity index (χ2v) is 8.07. The summed E-state index contributed by atoms with van der Waals surface area (Å²) in [5, 5.41) is 2.78. The van der Waals surface area contributed by atoms with Crippen LogP contribution in [-0.4, -0.2) is 27.5 Å². The minimum Gasteiger partial charge on any atom is -0.484 e. The first kappa shape index (κ1) is 21.7. The molecule has 0 aliphatic carbocycles. The molecule has 0 saturated heterocycles. The van der Waals surface area contributed by atoms with Crippen molar-refractivity contribution in [1.82, 2.24) is 5.32 Å². The molecule has 6 nitrogen and oxygen atoms in total. The van der Waals surface area contributed by atoms with E-state index in [2.05, 4.69) is 17.0 Å². The maximum absolute atomic E-state index is 13.0. The van der Waals surface area contributed by atoms with Gasteiger partial charge in [-0.1, -0.05) is 19.8 Å². The number of ether oxygens (including phenoxy) is 1. The standard InChI is InChI=1S/C20H25FN2O4S/c1-3-4-5-12-22-20(24)14-27-19-11-10-18(13-15(19)2)28(25,26)23-17-8-6-16(21)7-9-17/h6-11,13,23H,3-5,12,14H2,1-2H3,(H,22,24). The van der Waals surface area contributed by atoms with E-state index in [0.29, 0.717) is 17.9 Å². The Bertz CT molecular complexity index is 899. The summed E-state index contributed by atoms with van der Waals surface area (Å²) < 4.78 is 45.8. The lowest BCUT2D eigenvalue weighted by Gasteiger charge is -2.12. The normalized spacial score (nSPS) is 11.1. The van der Waals surface area contributed by atoms with Crippen molar-refractivity contribution in [2.24, 2.45) is 0 Å². The molecule has 0 heterocycles. The summed E-state index contributed by atoms with van der Waals surface area (Å²) in [6.45, 7) is 4.27. The van der Waals surface area contributed by atoms with Gasteiger partial charge in [0.25, 0.3) is 15.9 Å². The fourth-order valence-electron chi connectivity index (χ4n) is 2.48. The minimum absolute atomic E-state index is 0.0469. The molecule has 2 N–H and O–H groups in total. The molecule has 152 valence electrons. The highest BCUT2D eigenvalue weighted by molar-refractivity contribution is 7.92. The van der Waals surface area contributed by atoms with Crippen molar-refractivity contribution >= 4 is 21.6 Å². The molecule has 1 amide bonds. The Labute approximate surface area is 165 Å². The van der Waals surface area contributed by atoms with Gasteiger partial charge in [-0.15, -0.1) is 0 Å². The summed E-state index contributed by atoms with van der Waals surface area (Å²) in [6, 6.07) is 9.40. The number of hydrogen-bond donors (Lipinski definition) is 2. The molecule has 0 aromatic heterocycles. The van der Waals surface area contributed by atoms with Crippen molar-refractivity contribution < 1.29 is 22.3 Å². The lowest BCUT2D eigenvalue weighted by atomic mass is 10.2. The van der Waals surface area contributed by atoms with E-state index in [4.69, 9.17) is 4.74 Å². The fourth-order valence-corrected chi connectivity index (χ4v) is 3.62. The first-order chi connectivity index (χ1) is 13.3. The Hall–Kier alpha value is -2.61. The van der Waals surface area contributed by atoms with Crippen LogP contribution in [0.2, 0.25) is 0 Å². The van der Waals surface area contributed by atoms with Gasteiger partial charge in [-0.2, -0.15) is 0 Å². The summed E-state index contributed by atoms with van der Waals surface area (Å²) in [4.78, 5) is 11.8. The van der Waals surface area contributed by atoms with Gasteiger partial charge in [0.2, 0.25) is 0 Å². The van der Waals surface area contributed by atoms with Gasteiger partial charge in [0.05, 0.1) is 4.90 Å². The number of nitrogens with one attached hydrogen (secondary N) is 2. The average molecular weight is 408 g/mol. The zero-order valence-electron chi connectivity index (χ0n) is 16.0. The zero-order chi connectivity index (χ0) is 20.6. The molecule has 0 unspecified atom stereocenters. The van der Waals surface area contributed by atoms with Crippen LogP contribution in [-0.2, 0) is 14.8 Å². The lowest BCUT2D eigenvalue weighted by molar-refractivity contribution is -0.123. The molecule has 0 saturated carbocycles. The maximum Gasteiger partial charge on any atom is 0.261 e. The minimum atomic E-state index is -3.82. The summed E-state index contributed by atoms with van der Waals surface area (Å²) in [7, 11) is -3.82. The van der Waals surface area contributed by atoms with Crippen LogP contribution in [0.4, 0.5) is 10.1 Å². The van der Waals surface area contributed by atoms with E-state index in [1.807, 2.05) is 0 Å². The largest absolute Gasteiger partial charge is 0.484 e. The molecular weight excluding hydrogens is 383 g/mol. The van der Waals surface area contributed by atoms with Crippen LogP contribution in [0.15, 0.2) is 47.4 Å². The summed E-state index contributed by atoms with van der Waals surface area (Å²) in [5.41, 5.74) is 0.847. The van der Waals surface area contributed by atoms with Gasteiger partial charge in [-0.3, -0.25) is 9.52 Å². The van der Waals surface area contributed by atoms with Crippen molar-refractivity contribution in [3.05, 3.63) is 53.8 Å². The Balaban J connectivity index is 1.97. The van der Waals surface area contributed by atoms with Crippen molar-refractivity contribution in [2.75, 3.05) is 17.9 Å². The van der Waals surface area contributed by atoms with Crippen LogP contribution in [0.3, 0.4) is 0 Å². The summed E-state index contributed by atoms with van der Waals surface area (Å²) in [5.74, 6) is -0.232. The smallest absolute Gasteiger partial charge is 0.261 e. The van der Waals surface area contributed by atoms with Crippen molar-refractivity contribution in [3.8, 4) is 5.75 Å². The van der Waals surface area contributed by atoms with Gasteiger partial charge in [0.15, 0.2) is 6.61 Å². The third-order valence-electron chi connectivity index (χ3n) is 4.01. The number of benzene rings is 2. The Morgan fingerprint density at radius 2 is 1.82 bits per heavy atom. The van der Waals surface area contributed by atoms with E-state index in [9.17, 15) is 17.6 Å². The molecule has 8 heteroatoms. The summed E-state index contributed by atoms with van der Waals surface area (Å²) in [6.07, 6.45) is 3.06. The Morgan fingerprint density at radius 1 is 1.11 bits per heavy atom. The fraction of sp³-hybridized carbons (Fsp3) is 0.350. The van der Waals surface area contributed by atoms with E-state index < -0.39 is 15.8 Å². The quantitative estimate of drug-likeness (QED) is 0.588. The van der Waals surface area contributed by atoms with Gasteiger partial charge >= 0.3 is 0 Å². The average Bonchev–Trinajstić information content (AvgIpc) is 2.66. The zero-order valence-corrected chi connectivity index (χ0v) is 16.8. The molecule has 0 radical (unpaired) electrons. The Kier molecular flexibility index (Phi) is 7.80. The molecule has 2 aromatic carbocycles. The van der Waals surface area contributed by atoms with E-state index >= 15 is 0 Å². The predicted molar refractivity (Wildman–Crippen MR) is 106 cm³/mol. The second-order valence-electron chi connectivity index (χ2n) is 6.39. The third-order valence-corrected chi connectivity index (χ3v) is 5.39. The molecular formula is C20H25FN2O4S. The number of unbranched alkanes of at least 4 members (excludes halogenated alkanes) is 2. The summed E-state index contributed by atoms with van der Waals surface area (Å²) >= 11 is 0. The van der Waals surface area contributed by atoms with E-state index in [1.165, 1.54) is 42.5 Å². The number of aryl methyl sites for hydroxylation is 1. The molecule has 0 spiro atoms. The van der Waals surface area contributed by atoms with Crippen LogP contribution in [0.1, 0.15) is 31.7 Å². The van der Waals surface area contributed by atoms with E-state index in [1.54, 1.807) is 6.92 Å². The van der Waals surface area contributed by atoms with Gasteiger partial charge in [0, 0.05) is 12.2 Å². The van der Waals surface area contributed by atoms with Crippen molar-refractivity contribution in [2.45, 2.75) is 38.0 Å². The number of hydrogen-bond acceptors (Lipinski definition) is 4. The third kappa shape index (κ3) is 6.53. The first-order valence-corrected chi connectivity index (χ1v) is 10.6. The molecule has 2 aromatic rings. The molecule has 0 atom stereocenters. The van der Waals surface area contributed by atoms with Crippen molar-refractivity contribution in [3.63, 3.8) is 0 Å². The number of carbonyl (C=O) groups excluding carboxylic acids is 1.